The van der Waals surface area contributed by atoms with Gasteiger partial charge in [-0.1, -0.05) is 84.9 Å². The van der Waals surface area contributed by atoms with Crippen LogP contribution >= 0.6 is 0 Å². The summed E-state index contributed by atoms with van der Waals surface area (Å²) >= 11 is 0. The molecule has 4 rings (SSSR count). The first kappa shape index (κ1) is 15.2. The highest BCUT2D eigenvalue weighted by Gasteiger charge is 2.18. The van der Waals surface area contributed by atoms with Crippen LogP contribution < -0.4 is 0 Å². The molecular weight excluding hydrogens is 308 g/mol. The summed E-state index contributed by atoms with van der Waals surface area (Å²) in [5.41, 5.74) is 5.48. The highest BCUT2D eigenvalue weighted by molar-refractivity contribution is 5.79. The summed E-state index contributed by atoms with van der Waals surface area (Å²) < 4.78 is 1.73. The zero-order valence-corrected chi connectivity index (χ0v) is 13.9. The third-order valence-electron chi connectivity index (χ3n) is 4.33. The molecule has 1 heterocycles. The van der Waals surface area contributed by atoms with Crippen molar-refractivity contribution < 1.29 is 5.11 Å². The van der Waals surface area contributed by atoms with Crippen LogP contribution in [0.2, 0.25) is 0 Å². The first-order chi connectivity index (χ1) is 12.2. The molecule has 0 aliphatic carbocycles. The lowest BCUT2D eigenvalue weighted by Gasteiger charge is -2.04. The number of aromatic nitrogens is 2. The van der Waals surface area contributed by atoms with Crippen LogP contribution in [0.3, 0.4) is 0 Å². The molecule has 1 N–H and O–H groups in total. The zero-order valence-electron chi connectivity index (χ0n) is 13.9. The van der Waals surface area contributed by atoms with Crippen molar-refractivity contribution in [2.75, 3.05) is 0 Å². The van der Waals surface area contributed by atoms with Gasteiger partial charge < -0.3 is 5.11 Å². The molecule has 25 heavy (non-hydrogen) atoms. The minimum absolute atomic E-state index is 0.209. The molecular formula is C22H18N2O. The van der Waals surface area contributed by atoms with Crippen LogP contribution in [0.25, 0.3) is 33.6 Å². The van der Waals surface area contributed by atoms with Crippen molar-refractivity contribution in [1.29, 1.82) is 0 Å². The van der Waals surface area contributed by atoms with Gasteiger partial charge in [0.05, 0.1) is 0 Å². The van der Waals surface area contributed by atoms with Crippen LogP contribution in [-0.4, -0.2) is 14.9 Å². The molecule has 0 amide bonds. The zero-order chi connectivity index (χ0) is 17.2. The van der Waals surface area contributed by atoms with Crippen molar-refractivity contribution in [2.24, 2.45) is 7.05 Å². The molecule has 0 unspecified atom stereocenters. The number of aryl methyl sites for hydroxylation is 1. The fraction of sp³-hybridized carbons (Fsp3) is 0.0455. The first-order valence-electron chi connectivity index (χ1n) is 8.21. The van der Waals surface area contributed by atoms with E-state index in [1.54, 1.807) is 4.68 Å². The lowest BCUT2D eigenvalue weighted by molar-refractivity contribution is 0.478. The molecule has 3 aromatic carbocycles. The second kappa shape index (κ2) is 6.29. The number of nitrogens with zero attached hydrogens (tertiary/aromatic N) is 2. The number of hydrogen-bond donors (Lipinski definition) is 1. The van der Waals surface area contributed by atoms with Crippen LogP contribution in [0.1, 0.15) is 0 Å². The molecule has 3 nitrogen and oxygen atoms in total. The maximum absolute atomic E-state index is 10.7. The van der Waals surface area contributed by atoms with E-state index in [0.29, 0.717) is 5.69 Å². The molecule has 122 valence electrons. The number of benzene rings is 3. The summed E-state index contributed by atoms with van der Waals surface area (Å²) in [4.78, 5) is 0. The fourth-order valence-corrected chi connectivity index (χ4v) is 3.08. The van der Waals surface area contributed by atoms with Gasteiger partial charge in [-0.15, -0.1) is 0 Å². The molecule has 1 aromatic heterocycles. The maximum atomic E-state index is 10.7. The van der Waals surface area contributed by atoms with Crippen molar-refractivity contribution in [3.63, 3.8) is 0 Å². The van der Waals surface area contributed by atoms with Gasteiger partial charge in [0, 0.05) is 18.2 Å². The monoisotopic (exact) mass is 326 g/mol. The molecule has 3 heteroatoms. The quantitative estimate of drug-likeness (QED) is 0.567. The van der Waals surface area contributed by atoms with Gasteiger partial charge >= 0.3 is 0 Å². The van der Waals surface area contributed by atoms with Gasteiger partial charge in [0.1, 0.15) is 11.4 Å². The first-order valence-corrected chi connectivity index (χ1v) is 8.21. The second-order valence-corrected chi connectivity index (χ2v) is 5.98. The van der Waals surface area contributed by atoms with E-state index < -0.39 is 0 Å². The Labute approximate surface area is 146 Å². The molecule has 0 radical (unpaired) electrons. The van der Waals surface area contributed by atoms with Gasteiger partial charge in [-0.3, -0.25) is 4.68 Å². The van der Waals surface area contributed by atoms with Crippen LogP contribution in [0.4, 0.5) is 0 Å². The molecule has 0 atom stereocenters. The van der Waals surface area contributed by atoms with Gasteiger partial charge in [0.25, 0.3) is 0 Å². The Morgan fingerprint density at radius 2 is 1.12 bits per heavy atom. The van der Waals surface area contributed by atoms with Crippen molar-refractivity contribution >= 4 is 0 Å². The lowest BCUT2D eigenvalue weighted by Crippen LogP contribution is -1.93. The molecule has 0 aliphatic heterocycles. The number of aromatic hydroxyl groups is 1. The summed E-state index contributed by atoms with van der Waals surface area (Å²) in [6.07, 6.45) is 0. The number of hydrogen-bond acceptors (Lipinski definition) is 2. The van der Waals surface area contributed by atoms with Gasteiger partial charge in [0.2, 0.25) is 0 Å². The Morgan fingerprint density at radius 1 is 0.640 bits per heavy atom. The van der Waals surface area contributed by atoms with E-state index >= 15 is 0 Å². The normalized spacial score (nSPS) is 10.8. The Morgan fingerprint density at radius 3 is 1.72 bits per heavy atom. The molecule has 0 bridgehead atoms. The fourth-order valence-electron chi connectivity index (χ4n) is 3.08. The molecule has 0 fully saturated rings. The van der Waals surface area contributed by atoms with E-state index in [1.165, 1.54) is 5.56 Å². The number of rotatable bonds is 3. The van der Waals surface area contributed by atoms with E-state index in [4.69, 9.17) is 0 Å². The van der Waals surface area contributed by atoms with Crippen molar-refractivity contribution in [1.82, 2.24) is 9.78 Å². The van der Waals surface area contributed by atoms with E-state index in [-0.39, 0.29) is 5.75 Å². The van der Waals surface area contributed by atoms with Crippen LogP contribution in [0, 0.1) is 0 Å². The third-order valence-corrected chi connectivity index (χ3v) is 4.33. The average molecular weight is 326 g/mol. The van der Waals surface area contributed by atoms with Gasteiger partial charge in [-0.25, -0.2) is 0 Å². The lowest BCUT2D eigenvalue weighted by atomic mass is 10.0. The summed E-state index contributed by atoms with van der Waals surface area (Å²) in [6.45, 7) is 0. The largest absolute Gasteiger partial charge is 0.504 e. The summed E-state index contributed by atoms with van der Waals surface area (Å²) in [5, 5.41) is 15.2. The third kappa shape index (κ3) is 2.81. The maximum Gasteiger partial charge on any atom is 0.169 e. The predicted molar refractivity (Wildman–Crippen MR) is 101 cm³/mol. The molecule has 0 aliphatic rings. The van der Waals surface area contributed by atoms with Crippen molar-refractivity contribution in [2.45, 2.75) is 0 Å². The molecule has 4 aromatic rings. The van der Waals surface area contributed by atoms with Crippen molar-refractivity contribution in [3.8, 4) is 39.4 Å². The Kier molecular flexibility index (Phi) is 3.82. The standard InChI is InChI=1S/C22H18N2O/c1-24-21(19-10-6-3-7-11-19)22(25)20(23-24)18-14-12-17(13-15-18)16-8-4-2-5-9-16/h2-15,25H,1H3. The van der Waals surface area contributed by atoms with Gasteiger partial charge in [0.15, 0.2) is 5.75 Å². The molecule has 0 saturated carbocycles. The predicted octanol–water partition coefficient (Wildman–Crippen LogP) is 5.13. The van der Waals surface area contributed by atoms with Gasteiger partial charge in [-0.2, -0.15) is 5.10 Å². The van der Waals surface area contributed by atoms with E-state index in [2.05, 4.69) is 29.4 Å². The Balaban J connectivity index is 1.74. The van der Waals surface area contributed by atoms with E-state index in [0.717, 1.165) is 22.4 Å². The Hall–Kier alpha value is -3.33. The molecule has 0 saturated heterocycles. The SMILES string of the molecule is Cn1nc(-c2ccc(-c3ccccc3)cc2)c(O)c1-c1ccccc1. The minimum Gasteiger partial charge on any atom is -0.504 e. The minimum atomic E-state index is 0.209. The summed E-state index contributed by atoms with van der Waals surface area (Å²) in [7, 11) is 1.85. The highest BCUT2D eigenvalue weighted by Crippen LogP contribution is 2.37. The topological polar surface area (TPSA) is 38.0 Å². The molecule has 0 spiro atoms. The van der Waals surface area contributed by atoms with Crippen molar-refractivity contribution in [3.05, 3.63) is 84.9 Å². The highest BCUT2D eigenvalue weighted by atomic mass is 16.3. The van der Waals surface area contributed by atoms with Crippen LogP contribution in [-0.2, 0) is 7.05 Å². The smallest absolute Gasteiger partial charge is 0.169 e. The summed E-state index contributed by atoms with van der Waals surface area (Å²) in [6, 6.07) is 28.2. The van der Waals surface area contributed by atoms with E-state index in [1.807, 2.05) is 67.7 Å². The van der Waals surface area contributed by atoms with Crippen LogP contribution in [0.15, 0.2) is 84.9 Å². The Bertz CT molecular complexity index is 988. The van der Waals surface area contributed by atoms with Gasteiger partial charge in [-0.05, 0) is 11.1 Å². The summed E-state index contributed by atoms with van der Waals surface area (Å²) in [5.74, 6) is 0.209. The van der Waals surface area contributed by atoms with Crippen LogP contribution in [0.5, 0.6) is 5.75 Å². The average Bonchev–Trinajstić information content (AvgIpc) is 2.97. The van der Waals surface area contributed by atoms with E-state index in [9.17, 15) is 5.11 Å². The second-order valence-electron chi connectivity index (χ2n) is 5.98.